The fourth-order valence-electron chi connectivity index (χ4n) is 4.58. The van der Waals surface area contributed by atoms with Crippen LogP contribution in [0.5, 0.6) is 0 Å². The SMILES string of the molecule is CC(C)(C)CC(=O)N1CCc2c(sc3ncn(CC4CCCCC4)c(=O)c23)C1. The summed E-state index contributed by atoms with van der Waals surface area (Å²) < 4.78 is 1.84. The zero-order chi connectivity index (χ0) is 19.9. The predicted molar refractivity (Wildman–Crippen MR) is 114 cm³/mol. The van der Waals surface area contributed by atoms with Gasteiger partial charge in [-0.1, -0.05) is 40.0 Å². The molecule has 1 aliphatic heterocycles. The summed E-state index contributed by atoms with van der Waals surface area (Å²) in [7, 11) is 0. The largest absolute Gasteiger partial charge is 0.337 e. The minimum absolute atomic E-state index is 0.00801. The van der Waals surface area contributed by atoms with Crippen LogP contribution in [-0.2, 0) is 24.3 Å². The van der Waals surface area contributed by atoms with E-state index in [-0.39, 0.29) is 16.9 Å². The summed E-state index contributed by atoms with van der Waals surface area (Å²) in [5.41, 5.74) is 1.24. The lowest BCUT2D eigenvalue weighted by Gasteiger charge is -2.29. The van der Waals surface area contributed by atoms with Crippen molar-refractivity contribution in [3.8, 4) is 0 Å². The number of hydrogen-bond donors (Lipinski definition) is 0. The molecule has 0 spiro atoms. The van der Waals surface area contributed by atoms with Gasteiger partial charge in [0.2, 0.25) is 5.91 Å². The molecule has 0 radical (unpaired) electrons. The molecular weight excluding hydrogens is 370 g/mol. The van der Waals surface area contributed by atoms with Gasteiger partial charge in [0.25, 0.3) is 5.56 Å². The van der Waals surface area contributed by atoms with Crippen LogP contribution in [0.1, 0.15) is 69.7 Å². The average molecular weight is 402 g/mol. The van der Waals surface area contributed by atoms with Crippen LogP contribution < -0.4 is 5.56 Å². The lowest BCUT2D eigenvalue weighted by molar-refractivity contribution is -0.133. The van der Waals surface area contributed by atoms with Crippen molar-refractivity contribution in [1.82, 2.24) is 14.5 Å². The number of carbonyl (C=O) groups excluding carboxylic acids is 1. The molecule has 2 aromatic rings. The van der Waals surface area contributed by atoms with Crippen LogP contribution >= 0.6 is 11.3 Å². The van der Waals surface area contributed by atoms with Crippen molar-refractivity contribution < 1.29 is 4.79 Å². The molecule has 2 aliphatic rings. The van der Waals surface area contributed by atoms with Crippen molar-refractivity contribution in [2.75, 3.05) is 6.54 Å². The molecule has 1 aliphatic carbocycles. The number of hydrogen-bond acceptors (Lipinski definition) is 4. The lowest BCUT2D eigenvalue weighted by Crippen LogP contribution is -2.37. The van der Waals surface area contributed by atoms with Crippen molar-refractivity contribution in [2.45, 2.75) is 78.8 Å². The summed E-state index contributed by atoms with van der Waals surface area (Å²) in [5, 5.41) is 0.807. The summed E-state index contributed by atoms with van der Waals surface area (Å²) in [6, 6.07) is 0. The van der Waals surface area contributed by atoms with Crippen LogP contribution in [0.15, 0.2) is 11.1 Å². The van der Waals surface area contributed by atoms with E-state index in [1.807, 2.05) is 9.47 Å². The topological polar surface area (TPSA) is 55.2 Å². The molecule has 6 heteroatoms. The third-order valence-electron chi connectivity index (χ3n) is 6.04. The van der Waals surface area contributed by atoms with Crippen LogP contribution in [0, 0.1) is 11.3 Å². The minimum Gasteiger partial charge on any atom is -0.337 e. The molecule has 5 nitrogen and oxygen atoms in total. The molecule has 0 N–H and O–H groups in total. The molecule has 1 amide bonds. The Hall–Kier alpha value is -1.69. The molecule has 1 saturated carbocycles. The highest BCUT2D eigenvalue weighted by molar-refractivity contribution is 7.18. The summed E-state index contributed by atoms with van der Waals surface area (Å²) in [6.07, 6.45) is 9.38. The van der Waals surface area contributed by atoms with E-state index in [0.29, 0.717) is 25.4 Å². The van der Waals surface area contributed by atoms with Crippen LogP contribution in [-0.4, -0.2) is 26.9 Å². The average Bonchev–Trinajstić information content (AvgIpc) is 3.02. The number of carbonyl (C=O) groups is 1. The molecule has 0 aromatic carbocycles. The second kappa shape index (κ2) is 7.62. The van der Waals surface area contributed by atoms with Gasteiger partial charge in [-0.15, -0.1) is 11.3 Å². The smallest absolute Gasteiger partial charge is 0.262 e. The highest BCUT2D eigenvalue weighted by Crippen LogP contribution is 2.33. The molecule has 0 saturated heterocycles. The van der Waals surface area contributed by atoms with Gasteiger partial charge >= 0.3 is 0 Å². The van der Waals surface area contributed by atoms with E-state index in [9.17, 15) is 9.59 Å². The lowest BCUT2D eigenvalue weighted by atomic mass is 9.89. The molecule has 2 aromatic heterocycles. The molecule has 3 heterocycles. The summed E-state index contributed by atoms with van der Waals surface area (Å²) >= 11 is 1.59. The maximum Gasteiger partial charge on any atom is 0.262 e. The quantitative estimate of drug-likeness (QED) is 0.768. The zero-order valence-electron chi connectivity index (χ0n) is 17.3. The standard InChI is InChI=1S/C22H31N3O2S/c1-22(2,3)11-18(26)24-10-9-16-17(13-24)28-20-19(16)21(27)25(14-23-20)12-15-7-5-4-6-8-15/h14-15H,4-13H2,1-3H3. The highest BCUT2D eigenvalue weighted by Gasteiger charge is 2.28. The number of aromatic nitrogens is 2. The molecule has 1 fully saturated rings. The van der Waals surface area contributed by atoms with E-state index < -0.39 is 0 Å². The summed E-state index contributed by atoms with van der Waals surface area (Å²) in [6.45, 7) is 8.40. The molecule has 0 atom stereocenters. The van der Waals surface area contributed by atoms with Crippen molar-refractivity contribution in [3.63, 3.8) is 0 Å². The molecular formula is C22H31N3O2S. The molecule has 4 rings (SSSR count). The number of nitrogens with zero attached hydrogens (tertiary/aromatic N) is 3. The summed E-state index contributed by atoms with van der Waals surface area (Å²) in [4.78, 5) is 34.4. The Kier molecular flexibility index (Phi) is 5.34. The Balaban J connectivity index is 1.58. The normalized spacial score (nSPS) is 18.5. The first kappa shape index (κ1) is 19.6. The van der Waals surface area contributed by atoms with Gasteiger partial charge in [0.05, 0.1) is 18.3 Å². The fourth-order valence-corrected chi connectivity index (χ4v) is 5.77. The molecule has 0 unspecified atom stereocenters. The minimum atomic E-state index is -0.00801. The number of thiophene rings is 1. The number of amides is 1. The van der Waals surface area contributed by atoms with Gasteiger partial charge < -0.3 is 4.90 Å². The van der Waals surface area contributed by atoms with E-state index in [1.165, 1.54) is 32.1 Å². The van der Waals surface area contributed by atoms with Crippen molar-refractivity contribution in [1.29, 1.82) is 0 Å². The van der Waals surface area contributed by atoms with Gasteiger partial charge in [0.15, 0.2) is 0 Å². The van der Waals surface area contributed by atoms with E-state index in [1.54, 1.807) is 17.7 Å². The Morgan fingerprint density at radius 2 is 2.00 bits per heavy atom. The van der Waals surface area contributed by atoms with Crippen molar-refractivity contribution in [2.24, 2.45) is 11.3 Å². The Bertz CT molecular complexity index is 932. The van der Waals surface area contributed by atoms with Crippen LogP contribution in [0.3, 0.4) is 0 Å². The first-order valence-electron chi connectivity index (χ1n) is 10.6. The third kappa shape index (κ3) is 4.02. The first-order valence-corrected chi connectivity index (χ1v) is 11.4. The molecule has 0 bridgehead atoms. The Labute approximate surface area is 170 Å². The molecule has 28 heavy (non-hydrogen) atoms. The van der Waals surface area contributed by atoms with Crippen molar-refractivity contribution in [3.05, 3.63) is 27.1 Å². The van der Waals surface area contributed by atoms with Gasteiger partial charge in [-0.05, 0) is 36.2 Å². The Morgan fingerprint density at radius 1 is 1.25 bits per heavy atom. The van der Waals surface area contributed by atoms with Gasteiger partial charge in [-0.25, -0.2) is 4.98 Å². The van der Waals surface area contributed by atoms with Gasteiger partial charge in [0, 0.05) is 24.4 Å². The molecule has 152 valence electrons. The van der Waals surface area contributed by atoms with E-state index in [0.717, 1.165) is 33.6 Å². The monoisotopic (exact) mass is 401 g/mol. The van der Waals surface area contributed by atoms with E-state index in [4.69, 9.17) is 0 Å². The zero-order valence-corrected chi connectivity index (χ0v) is 18.1. The second-order valence-electron chi connectivity index (χ2n) is 9.69. The maximum absolute atomic E-state index is 13.2. The van der Waals surface area contributed by atoms with Gasteiger partial charge in [-0.2, -0.15) is 0 Å². The summed E-state index contributed by atoms with van der Waals surface area (Å²) in [5.74, 6) is 0.809. The Morgan fingerprint density at radius 3 is 2.71 bits per heavy atom. The third-order valence-corrected chi connectivity index (χ3v) is 7.17. The second-order valence-corrected chi connectivity index (χ2v) is 10.8. The fraction of sp³-hybridized carbons (Fsp3) is 0.682. The highest BCUT2D eigenvalue weighted by atomic mass is 32.1. The van der Waals surface area contributed by atoms with E-state index >= 15 is 0 Å². The van der Waals surface area contributed by atoms with Crippen molar-refractivity contribution >= 4 is 27.5 Å². The number of rotatable bonds is 3. The van der Waals surface area contributed by atoms with Crippen LogP contribution in [0.25, 0.3) is 10.2 Å². The predicted octanol–water partition coefficient (Wildman–Crippen LogP) is 4.36. The van der Waals surface area contributed by atoms with Gasteiger partial charge in [0.1, 0.15) is 4.83 Å². The maximum atomic E-state index is 13.2. The number of fused-ring (bicyclic) bond motifs is 3. The van der Waals surface area contributed by atoms with Crippen LogP contribution in [0.4, 0.5) is 0 Å². The van der Waals surface area contributed by atoms with E-state index in [2.05, 4.69) is 25.8 Å². The van der Waals surface area contributed by atoms with Gasteiger partial charge in [-0.3, -0.25) is 14.2 Å². The van der Waals surface area contributed by atoms with Crippen LogP contribution in [0.2, 0.25) is 0 Å². The first-order chi connectivity index (χ1) is 13.3.